The summed E-state index contributed by atoms with van der Waals surface area (Å²) in [7, 11) is 0. The van der Waals surface area contributed by atoms with E-state index in [0.29, 0.717) is 0 Å². The van der Waals surface area contributed by atoms with E-state index >= 15 is 0 Å². The van der Waals surface area contributed by atoms with Crippen molar-refractivity contribution in [1.82, 2.24) is 0 Å². The molecule has 0 fully saturated rings. The summed E-state index contributed by atoms with van der Waals surface area (Å²) in [6, 6.07) is 0. The first kappa shape index (κ1) is 12.7. The molecule has 0 heterocycles. The van der Waals surface area contributed by atoms with Crippen LogP contribution in [-0.4, -0.2) is 34.7 Å². The van der Waals surface area contributed by atoms with Crippen molar-refractivity contribution in [3.63, 3.8) is 0 Å². The van der Waals surface area contributed by atoms with Crippen LogP contribution in [0.1, 0.15) is 13.8 Å². The molecular weight excluding hydrogens is 216 g/mol. The number of hydrogen-bond acceptors (Lipinski definition) is 5. The second-order valence-corrected chi connectivity index (χ2v) is 2.72. The third kappa shape index (κ3) is 4.66. The van der Waals surface area contributed by atoms with E-state index in [9.17, 15) is 14.4 Å². The van der Waals surface area contributed by atoms with Gasteiger partial charge in [-0.2, -0.15) is 0 Å². The Morgan fingerprint density at radius 2 is 1.64 bits per heavy atom. The molecular formula is C7H9ClO6. The third-order valence-electron chi connectivity index (χ3n) is 1.24. The highest BCUT2D eigenvalue weighted by atomic mass is 35.5. The first-order valence-electron chi connectivity index (χ1n) is 3.64. The van der Waals surface area contributed by atoms with E-state index in [0.717, 1.165) is 0 Å². The zero-order valence-electron chi connectivity index (χ0n) is 7.52. The van der Waals surface area contributed by atoms with Crippen molar-refractivity contribution in [1.29, 1.82) is 0 Å². The van der Waals surface area contributed by atoms with Crippen LogP contribution in [0.2, 0.25) is 0 Å². The fraction of sp³-hybridized carbons (Fsp3) is 0.571. The molecule has 0 saturated carbocycles. The molecule has 0 aromatic rings. The molecule has 0 aliphatic heterocycles. The maximum Gasteiger partial charge on any atom is 0.404 e. The van der Waals surface area contributed by atoms with Gasteiger partial charge in [0.25, 0.3) is 0 Å². The first-order chi connectivity index (χ1) is 6.34. The Balaban J connectivity index is 4.07. The molecule has 2 unspecified atom stereocenters. The Labute approximate surface area is 84.7 Å². The molecule has 80 valence electrons. The van der Waals surface area contributed by atoms with E-state index in [4.69, 9.17) is 16.7 Å². The summed E-state index contributed by atoms with van der Waals surface area (Å²) < 4.78 is 8.65. The largest absolute Gasteiger partial charge is 0.479 e. The highest BCUT2D eigenvalue weighted by Crippen LogP contribution is 2.01. The summed E-state index contributed by atoms with van der Waals surface area (Å²) in [5.41, 5.74) is -1.16. The molecule has 0 aliphatic rings. The van der Waals surface area contributed by atoms with Gasteiger partial charge in [0.2, 0.25) is 0 Å². The second kappa shape index (κ2) is 5.43. The van der Waals surface area contributed by atoms with Crippen LogP contribution < -0.4 is 0 Å². The van der Waals surface area contributed by atoms with E-state index in [1.54, 1.807) is 0 Å². The molecule has 0 aliphatic carbocycles. The van der Waals surface area contributed by atoms with Crippen LogP contribution >= 0.6 is 11.6 Å². The molecule has 14 heavy (non-hydrogen) atoms. The summed E-state index contributed by atoms with van der Waals surface area (Å²) in [5.74, 6) is -2.25. The Morgan fingerprint density at radius 1 is 1.14 bits per heavy atom. The van der Waals surface area contributed by atoms with Crippen LogP contribution in [0.4, 0.5) is 4.79 Å². The van der Waals surface area contributed by atoms with Gasteiger partial charge >= 0.3 is 17.4 Å². The molecule has 0 spiro atoms. The van der Waals surface area contributed by atoms with Crippen LogP contribution in [-0.2, 0) is 19.1 Å². The number of carboxylic acid groups (broad SMARTS) is 1. The van der Waals surface area contributed by atoms with Gasteiger partial charge in [-0.25, -0.2) is 14.4 Å². The summed E-state index contributed by atoms with van der Waals surface area (Å²) in [6.45, 7) is 2.40. The molecule has 7 heteroatoms. The second-order valence-electron chi connectivity index (χ2n) is 2.42. The van der Waals surface area contributed by atoms with E-state index in [1.165, 1.54) is 13.8 Å². The lowest BCUT2D eigenvalue weighted by atomic mass is 10.4. The van der Waals surface area contributed by atoms with Gasteiger partial charge in [-0.3, -0.25) is 0 Å². The number of carbonyl (C=O) groups is 3. The summed E-state index contributed by atoms with van der Waals surface area (Å²) in [4.78, 5) is 31.4. The Kier molecular flexibility index (Phi) is 4.93. The van der Waals surface area contributed by atoms with Crippen molar-refractivity contribution in [3.05, 3.63) is 0 Å². The van der Waals surface area contributed by atoms with Crippen molar-refractivity contribution in [3.8, 4) is 0 Å². The molecule has 1 N–H and O–H groups in total. The lowest BCUT2D eigenvalue weighted by Gasteiger charge is -2.12. The topological polar surface area (TPSA) is 89.9 Å². The number of carboxylic acids is 1. The number of halogens is 1. The van der Waals surface area contributed by atoms with Gasteiger partial charge in [0.05, 0.1) is 0 Å². The van der Waals surface area contributed by atoms with Gasteiger partial charge in [0.1, 0.15) is 0 Å². The SMILES string of the molecule is CC(OC(=O)C(C)OC(=O)Cl)C(=O)O. The Hall–Kier alpha value is -1.30. The maximum absolute atomic E-state index is 11.0. The highest BCUT2D eigenvalue weighted by molar-refractivity contribution is 6.61. The van der Waals surface area contributed by atoms with Crippen LogP contribution in [0.5, 0.6) is 0 Å². The Morgan fingerprint density at radius 3 is 2.00 bits per heavy atom. The van der Waals surface area contributed by atoms with Gasteiger partial charge in [0, 0.05) is 11.6 Å². The number of ether oxygens (including phenoxy) is 2. The van der Waals surface area contributed by atoms with Crippen LogP contribution in [0.25, 0.3) is 0 Å². The lowest BCUT2D eigenvalue weighted by molar-refractivity contribution is -0.167. The number of carbonyl (C=O) groups excluding carboxylic acids is 2. The van der Waals surface area contributed by atoms with Crippen molar-refractivity contribution in [2.75, 3.05) is 0 Å². The average Bonchev–Trinajstić information content (AvgIpc) is 2.02. The number of hydrogen-bond donors (Lipinski definition) is 1. The van der Waals surface area contributed by atoms with Gasteiger partial charge < -0.3 is 14.6 Å². The van der Waals surface area contributed by atoms with E-state index in [1.807, 2.05) is 0 Å². The van der Waals surface area contributed by atoms with Crippen molar-refractivity contribution >= 4 is 29.0 Å². The van der Waals surface area contributed by atoms with Crippen LogP contribution in [0, 0.1) is 0 Å². The third-order valence-corrected chi connectivity index (χ3v) is 1.33. The minimum Gasteiger partial charge on any atom is -0.479 e. The maximum atomic E-state index is 11.0. The molecule has 6 nitrogen and oxygen atoms in total. The van der Waals surface area contributed by atoms with Gasteiger partial charge in [-0.1, -0.05) is 0 Å². The minimum atomic E-state index is -1.29. The summed E-state index contributed by atoms with van der Waals surface area (Å²) in [6.07, 6.45) is -2.51. The molecule has 2 atom stereocenters. The fourth-order valence-corrected chi connectivity index (χ4v) is 0.641. The number of rotatable bonds is 4. The summed E-state index contributed by atoms with van der Waals surface area (Å²) in [5, 5.41) is 8.38. The zero-order valence-corrected chi connectivity index (χ0v) is 8.28. The molecule has 0 amide bonds. The molecule has 0 bridgehead atoms. The lowest BCUT2D eigenvalue weighted by Crippen LogP contribution is -2.31. The van der Waals surface area contributed by atoms with Crippen molar-refractivity contribution < 1.29 is 29.0 Å². The standard InChI is InChI=1S/C7H9ClO6/c1-3(5(9)10)13-6(11)4(2)14-7(8)12/h3-4H,1-2H3,(H,9,10). The van der Waals surface area contributed by atoms with Crippen molar-refractivity contribution in [2.24, 2.45) is 0 Å². The fourth-order valence-electron chi connectivity index (χ4n) is 0.508. The molecule has 0 saturated heterocycles. The molecule has 0 aromatic heterocycles. The quantitative estimate of drug-likeness (QED) is 0.560. The highest BCUT2D eigenvalue weighted by Gasteiger charge is 2.23. The molecule has 0 rings (SSSR count). The van der Waals surface area contributed by atoms with E-state index in [-0.39, 0.29) is 0 Å². The average molecular weight is 225 g/mol. The normalized spacial score (nSPS) is 13.9. The van der Waals surface area contributed by atoms with E-state index < -0.39 is 29.6 Å². The van der Waals surface area contributed by atoms with E-state index in [2.05, 4.69) is 9.47 Å². The zero-order chi connectivity index (χ0) is 11.3. The number of aliphatic carboxylic acids is 1. The minimum absolute atomic E-state index is 0.964. The van der Waals surface area contributed by atoms with Gasteiger partial charge in [-0.15, -0.1) is 0 Å². The van der Waals surface area contributed by atoms with Crippen molar-refractivity contribution in [2.45, 2.75) is 26.1 Å². The molecule has 0 radical (unpaired) electrons. The van der Waals surface area contributed by atoms with Gasteiger partial charge in [0.15, 0.2) is 12.2 Å². The first-order valence-corrected chi connectivity index (χ1v) is 4.01. The smallest absolute Gasteiger partial charge is 0.404 e. The Bertz CT molecular complexity index is 251. The predicted molar refractivity (Wildman–Crippen MR) is 45.0 cm³/mol. The van der Waals surface area contributed by atoms with Crippen LogP contribution in [0.3, 0.4) is 0 Å². The number of esters is 1. The summed E-state index contributed by atoms with van der Waals surface area (Å²) >= 11 is 4.83. The predicted octanol–water partition coefficient (Wildman–Crippen LogP) is 0.767. The monoisotopic (exact) mass is 224 g/mol. The molecule has 0 aromatic carbocycles. The van der Waals surface area contributed by atoms with Gasteiger partial charge in [-0.05, 0) is 13.8 Å². The van der Waals surface area contributed by atoms with Crippen LogP contribution in [0.15, 0.2) is 0 Å².